The van der Waals surface area contributed by atoms with Gasteiger partial charge in [-0.25, -0.2) is 0 Å². The summed E-state index contributed by atoms with van der Waals surface area (Å²) in [5, 5.41) is 7.59. The summed E-state index contributed by atoms with van der Waals surface area (Å²) in [5.41, 5.74) is 5.75. The van der Waals surface area contributed by atoms with Crippen molar-refractivity contribution >= 4 is 33.4 Å². The van der Waals surface area contributed by atoms with E-state index in [4.69, 9.17) is 0 Å². The molecule has 0 amide bonds. The van der Waals surface area contributed by atoms with Gasteiger partial charge in [0.05, 0.1) is 5.52 Å². The monoisotopic (exact) mass is 358 g/mol. The minimum atomic E-state index is 0.984. The maximum absolute atomic E-state index is 3.54. The molecular formula is C23H22N2S. The van der Waals surface area contributed by atoms with E-state index in [1.54, 1.807) is 0 Å². The molecule has 2 heterocycles. The van der Waals surface area contributed by atoms with Gasteiger partial charge in [0.1, 0.15) is 0 Å². The second kappa shape index (κ2) is 6.19. The zero-order valence-corrected chi connectivity index (χ0v) is 16.0. The largest absolute Gasteiger partial charge is 0.346 e. The Hall–Kier alpha value is -2.23. The van der Waals surface area contributed by atoms with Crippen LogP contribution in [-0.2, 0) is 20.0 Å². The van der Waals surface area contributed by atoms with Gasteiger partial charge in [-0.3, -0.25) is 0 Å². The summed E-state index contributed by atoms with van der Waals surface area (Å²) >= 11 is 1.88. The highest BCUT2D eigenvalue weighted by molar-refractivity contribution is 7.99. The van der Waals surface area contributed by atoms with Crippen molar-refractivity contribution in [2.45, 2.75) is 29.7 Å². The number of aryl methyl sites for hydroxylation is 2. The van der Waals surface area contributed by atoms with Gasteiger partial charge in [-0.2, -0.15) is 0 Å². The van der Waals surface area contributed by atoms with E-state index in [0.717, 1.165) is 19.5 Å². The van der Waals surface area contributed by atoms with Crippen LogP contribution in [0, 0.1) is 6.92 Å². The molecule has 0 radical (unpaired) electrons. The van der Waals surface area contributed by atoms with Crippen molar-refractivity contribution in [1.82, 2.24) is 9.88 Å². The molecule has 3 aromatic carbocycles. The molecule has 1 aromatic heterocycles. The van der Waals surface area contributed by atoms with Crippen molar-refractivity contribution in [2.75, 3.05) is 6.54 Å². The Balaban J connectivity index is 1.66. The SMILES string of the molecule is Cc1ccc(Sc2ccc3ccccc3c2)c2c1c1c(n2C)CCNC1. The third-order valence-electron chi connectivity index (χ3n) is 5.53. The highest BCUT2D eigenvalue weighted by Gasteiger charge is 2.21. The molecule has 26 heavy (non-hydrogen) atoms. The van der Waals surface area contributed by atoms with Crippen LogP contribution >= 0.6 is 11.8 Å². The fourth-order valence-electron chi connectivity index (χ4n) is 4.24. The van der Waals surface area contributed by atoms with Crippen molar-refractivity contribution in [3.8, 4) is 0 Å². The lowest BCUT2D eigenvalue weighted by Gasteiger charge is -2.14. The average molecular weight is 359 g/mol. The third kappa shape index (κ3) is 2.46. The van der Waals surface area contributed by atoms with Crippen LogP contribution in [0.15, 0.2) is 64.4 Å². The number of aromatic nitrogens is 1. The summed E-state index contributed by atoms with van der Waals surface area (Å²) in [6, 6.07) is 19.9. The van der Waals surface area contributed by atoms with Crippen LogP contribution in [0.3, 0.4) is 0 Å². The highest BCUT2D eigenvalue weighted by Crippen LogP contribution is 2.39. The van der Waals surface area contributed by atoms with Gasteiger partial charge in [0, 0.05) is 47.4 Å². The number of rotatable bonds is 2. The van der Waals surface area contributed by atoms with Crippen molar-refractivity contribution in [3.05, 3.63) is 71.4 Å². The van der Waals surface area contributed by atoms with E-state index in [2.05, 4.69) is 78.5 Å². The maximum atomic E-state index is 3.54. The van der Waals surface area contributed by atoms with Gasteiger partial charge >= 0.3 is 0 Å². The maximum Gasteiger partial charge on any atom is 0.0627 e. The van der Waals surface area contributed by atoms with Gasteiger partial charge < -0.3 is 9.88 Å². The second-order valence-corrected chi connectivity index (χ2v) is 8.24. The smallest absolute Gasteiger partial charge is 0.0627 e. The van der Waals surface area contributed by atoms with Crippen molar-refractivity contribution in [1.29, 1.82) is 0 Å². The number of nitrogens with one attached hydrogen (secondary N) is 1. The highest BCUT2D eigenvalue weighted by atomic mass is 32.2. The summed E-state index contributed by atoms with van der Waals surface area (Å²) in [6.45, 7) is 4.29. The predicted octanol–water partition coefficient (Wildman–Crippen LogP) is 5.44. The Morgan fingerprint density at radius 1 is 1.00 bits per heavy atom. The Morgan fingerprint density at radius 2 is 1.85 bits per heavy atom. The lowest BCUT2D eigenvalue weighted by molar-refractivity contribution is 0.621. The first-order valence-electron chi connectivity index (χ1n) is 9.19. The Bertz CT molecular complexity index is 1140. The number of hydrogen-bond acceptors (Lipinski definition) is 2. The molecule has 0 aliphatic carbocycles. The summed E-state index contributed by atoms with van der Waals surface area (Å²) in [4.78, 5) is 2.64. The van der Waals surface area contributed by atoms with Crippen LogP contribution in [0.25, 0.3) is 21.7 Å². The molecule has 1 N–H and O–H groups in total. The molecule has 130 valence electrons. The third-order valence-corrected chi connectivity index (χ3v) is 6.57. The number of hydrogen-bond donors (Lipinski definition) is 1. The topological polar surface area (TPSA) is 17.0 Å². The van der Waals surface area contributed by atoms with Crippen molar-refractivity contribution in [2.24, 2.45) is 7.05 Å². The molecule has 1 aliphatic rings. The molecule has 5 rings (SSSR count). The van der Waals surface area contributed by atoms with Crippen molar-refractivity contribution in [3.63, 3.8) is 0 Å². The van der Waals surface area contributed by atoms with Crippen LogP contribution in [0.1, 0.15) is 16.8 Å². The summed E-state index contributed by atoms with van der Waals surface area (Å²) in [5.74, 6) is 0. The summed E-state index contributed by atoms with van der Waals surface area (Å²) < 4.78 is 2.43. The number of fused-ring (bicyclic) bond motifs is 4. The molecule has 0 atom stereocenters. The molecule has 2 nitrogen and oxygen atoms in total. The van der Waals surface area contributed by atoms with E-state index in [-0.39, 0.29) is 0 Å². The van der Waals surface area contributed by atoms with E-state index >= 15 is 0 Å². The van der Waals surface area contributed by atoms with Crippen LogP contribution < -0.4 is 5.32 Å². The molecule has 4 aromatic rings. The van der Waals surface area contributed by atoms with Crippen LogP contribution in [0.2, 0.25) is 0 Å². The van der Waals surface area contributed by atoms with Gasteiger partial charge in [0.2, 0.25) is 0 Å². The van der Waals surface area contributed by atoms with E-state index < -0.39 is 0 Å². The molecule has 0 saturated heterocycles. The van der Waals surface area contributed by atoms with E-state index in [9.17, 15) is 0 Å². The Morgan fingerprint density at radius 3 is 2.73 bits per heavy atom. The summed E-state index contributed by atoms with van der Waals surface area (Å²) in [6.07, 6.45) is 1.11. The molecule has 0 bridgehead atoms. The zero-order valence-electron chi connectivity index (χ0n) is 15.2. The van der Waals surface area contributed by atoms with Gasteiger partial charge in [0.25, 0.3) is 0 Å². The molecule has 0 unspecified atom stereocenters. The van der Waals surface area contributed by atoms with Crippen LogP contribution in [0.5, 0.6) is 0 Å². The van der Waals surface area contributed by atoms with Gasteiger partial charge in [0.15, 0.2) is 0 Å². The minimum Gasteiger partial charge on any atom is -0.346 e. The molecule has 0 spiro atoms. The Kier molecular flexibility index (Phi) is 3.80. The first kappa shape index (κ1) is 16.0. The van der Waals surface area contributed by atoms with Crippen LogP contribution in [-0.4, -0.2) is 11.1 Å². The Labute approximate surface area is 158 Å². The van der Waals surface area contributed by atoms with Crippen LogP contribution in [0.4, 0.5) is 0 Å². The van der Waals surface area contributed by atoms with Crippen molar-refractivity contribution < 1.29 is 0 Å². The lowest BCUT2D eigenvalue weighted by Crippen LogP contribution is -2.24. The molecular weight excluding hydrogens is 336 g/mol. The lowest BCUT2D eigenvalue weighted by atomic mass is 10.0. The molecule has 0 fully saturated rings. The minimum absolute atomic E-state index is 0.984. The fraction of sp³-hybridized carbons (Fsp3) is 0.217. The summed E-state index contributed by atoms with van der Waals surface area (Å²) in [7, 11) is 2.23. The number of nitrogens with zero attached hydrogens (tertiary/aromatic N) is 1. The van der Waals surface area contributed by atoms with Gasteiger partial charge in [-0.1, -0.05) is 48.2 Å². The second-order valence-electron chi connectivity index (χ2n) is 7.13. The molecule has 3 heteroatoms. The number of benzene rings is 3. The molecule has 0 saturated carbocycles. The fourth-order valence-corrected chi connectivity index (χ4v) is 5.29. The zero-order chi connectivity index (χ0) is 17.7. The predicted molar refractivity (Wildman–Crippen MR) is 111 cm³/mol. The van der Waals surface area contributed by atoms with Gasteiger partial charge in [-0.05, 0) is 47.0 Å². The standard InChI is InChI=1S/C23H22N2S/c1-15-7-10-21(23-22(15)19-14-24-12-11-20(19)25(23)2)26-18-9-8-16-5-3-4-6-17(16)13-18/h3-10,13,24H,11-12,14H2,1-2H3. The van der Waals surface area contributed by atoms with E-state index in [1.165, 1.54) is 48.3 Å². The quantitative estimate of drug-likeness (QED) is 0.514. The average Bonchev–Trinajstić information content (AvgIpc) is 2.98. The normalized spacial score (nSPS) is 14.1. The van der Waals surface area contributed by atoms with E-state index in [0.29, 0.717) is 0 Å². The first-order valence-corrected chi connectivity index (χ1v) is 10.0. The molecule has 1 aliphatic heterocycles. The van der Waals surface area contributed by atoms with Gasteiger partial charge in [-0.15, -0.1) is 0 Å². The first-order chi connectivity index (χ1) is 12.7. The van der Waals surface area contributed by atoms with E-state index in [1.807, 2.05) is 11.8 Å².